The zero-order chi connectivity index (χ0) is 11.8. The van der Waals surface area contributed by atoms with E-state index in [1.165, 1.54) is 21.7 Å². The summed E-state index contributed by atoms with van der Waals surface area (Å²) in [6, 6.07) is 16.8. The van der Waals surface area contributed by atoms with E-state index < -0.39 is 0 Å². The molecule has 0 fully saturated rings. The first kappa shape index (κ1) is 9.97. The lowest BCUT2D eigenvalue weighted by molar-refractivity contribution is -0.630. The van der Waals surface area contributed by atoms with E-state index >= 15 is 0 Å². The Morgan fingerprint density at radius 2 is 1.65 bits per heavy atom. The van der Waals surface area contributed by atoms with Crippen LogP contribution in [0.4, 0.5) is 5.82 Å². The molecule has 3 rings (SSSR count). The van der Waals surface area contributed by atoms with Crippen LogP contribution in [0.2, 0.25) is 0 Å². The first-order valence-electron chi connectivity index (χ1n) is 5.58. The van der Waals surface area contributed by atoms with Gasteiger partial charge in [-0.05, 0) is 11.5 Å². The average Bonchev–Trinajstić information content (AvgIpc) is 2.38. The Morgan fingerprint density at radius 1 is 0.941 bits per heavy atom. The van der Waals surface area contributed by atoms with Gasteiger partial charge in [0.1, 0.15) is 12.2 Å². The van der Waals surface area contributed by atoms with Gasteiger partial charge in [0.05, 0.1) is 7.05 Å². The van der Waals surface area contributed by atoms with E-state index in [4.69, 9.17) is 0 Å². The summed E-state index contributed by atoms with van der Waals surface area (Å²) in [5.41, 5.74) is 1.20. The van der Waals surface area contributed by atoms with Crippen LogP contribution in [-0.2, 0) is 7.05 Å². The van der Waals surface area contributed by atoms with E-state index in [1.807, 2.05) is 13.1 Å². The number of fused-ring (bicyclic) bond motifs is 3. The molecule has 0 unspecified atom stereocenters. The van der Waals surface area contributed by atoms with Gasteiger partial charge in [-0.25, -0.2) is 4.57 Å². The maximum atomic E-state index is 4.04. The summed E-state index contributed by atoms with van der Waals surface area (Å²) in [6.07, 6.45) is 0. The molecule has 17 heavy (non-hydrogen) atoms. The Balaban J connectivity index is 2.59. The largest absolute Gasteiger partial charge is 0.322 e. The highest BCUT2D eigenvalue weighted by atomic mass is 15.0. The highest BCUT2D eigenvalue weighted by molar-refractivity contribution is 6.03. The number of hydrogen-bond acceptors (Lipinski definition) is 1. The first-order chi connectivity index (χ1) is 8.31. The number of rotatable bonds is 1. The Labute approximate surface area is 99.8 Å². The molecule has 0 bridgehead atoms. The zero-order valence-electron chi connectivity index (χ0n) is 9.72. The molecule has 0 amide bonds. The van der Waals surface area contributed by atoms with Crippen LogP contribution in [0.5, 0.6) is 0 Å². The third kappa shape index (κ3) is 1.41. The fourth-order valence-electron chi connectivity index (χ4n) is 2.33. The number of aryl methyl sites for hydroxylation is 1. The minimum absolute atomic E-state index is 0.883. The van der Waals surface area contributed by atoms with Gasteiger partial charge in [0.2, 0.25) is 0 Å². The number of hydrogen-bond donors (Lipinski definition) is 0. The van der Waals surface area contributed by atoms with Crippen molar-refractivity contribution in [3.63, 3.8) is 0 Å². The molecule has 2 nitrogen and oxygen atoms in total. The van der Waals surface area contributed by atoms with Crippen molar-refractivity contribution in [2.24, 2.45) is 12.0 Å². The summed E-state index contributed by atoms with van der Waals surface area (Å²) in [5.74, 6) is 0.883. The van der Waals surface area contributed by atoms with Crippen molar-refractivity contribution >= 4 is 34.2 Å². The molecular formula is C15H13N2+. The molecule has 0 atom stereocenters. The zero-order valence-corrected chi connectivity index (χ0v) is 9.72. The summed E-state index contributed by atoms with van der Waals surface area (Å²) in [6.45, 7) is 3.61. The molecule has 0 spiro atoms. The van der Waals surface area contributed by atoms with Gasteiger partial charge < -0.3 is 0 Å². The van der Waals surface area contributed by atoms with Crippen LogP contribution >= 0.6 is 0 Å². The van der Waals surface area contributed by atoms with Gasteiger partial charge in [-0.2, -0.15) is 0 Å². The number of aromatic nitrogens is 1. The lowest BCUT2D eigenvalue weighted by Crippen LogP contribution is -2.29. The number of nitrogens with zero attached hydrogens (tertiary/aromatic N) is 2. The third-order valence-corrected chi connectivity index (χ3v) is 3.18. The van der Waals surface area contributed by atoms with Crippen molar-refractivity contribution in [2.45, 2.75) is 0 Å². The van der Waals surface area contributed by atoms with E-state index in [0.717, 1.165) is 5.82 Å². The minimum atomic E-state index is 0.883. The molecule has 0 saturated carbocycles. The minimum Gasteiger partial charge on any atom is -0.226 e. The molecule has 0 aliphatic rings. The lowest BCUT2D eigenvalue weighted by Gasteiger charge is -2.05. The third-order valence-electron chi connectivity index (χ3n) is 3.18. The second-order valence-electron chi connectivity index (χ2n) is 4.13. The predicted molar refractivity (Wildman–Crippen MR) is 71.8 cm³/mol. The molecule has 1 heterocycles. The molecular weight excluding hydrogens is 208 g/mol. The quantitative estimate of drug-likeness (QED) is 0.341. The fourth-order valence-corrected chi connectivity index (χ4v) is 2.33. The normalized spacial score (nSPS) is 10.9. The molecule has 2 heteroatoms. The summed E-state index contributed by atoms with van der Waals surface area (Å²) in [5, 5.41) is 3.72. The highest BCUT2D eigenvalue weighted by Crippen LogP contribution is 2.23. The van der Waals surface area contributed by atoms with Crippen LogP contribution in [0.15, 0.2) is 53.5 Å². The summed E-state index contributed by atoms with van der Waals surface area (Å²) in [7, 11) is 2.03. The van der Waals surface area contributed by atoms with Gasteiger partial charge in [0, 0.05) is 16.8 Å². The standard InChI is InChI=1S/C15H13N2/c1-16-14-10-9-12-8-7-11-5-3-4-6-13(11)15(12)17(14)2/h3-10H,1H2,2H3/q+1. The van der Waals surface area contributed by atoms with Crippen LogP contribution in [-0.4, -0.2) is 6.72 Å². The summed E-state index contributed by atoms with van der Waals surface area (Å²) < 4.78 is 2.09. The Hall–Kier alpha value is -2.22. The van der Waals surface area contributed by atoms with Crippen LogP contribution in [0.3, 0.4) is 0 Å². The van der Waals surface area contributed by atoms with Crippen LogP contribution in [0.1, 0.15) is 0 Å². The molecule has 1 aromatic heterocycles. The van der Waals surface area contributed by atoms with Crippen molar-refractivity contribution in [1.29, 1.82) is 0 Å². The topological polar surface area (TPSA) is 16.2 Å². The average molecular weight is 221 g/mol. The Kier molecular flexibility index (Phi) is 2.15. The molecule has 0 aliphatic heterocycles. The smallest absolute Gasteiger partial charge is 0.226 e. The first-order valence-corrected chi connectivity index (χ1v) is 5.58. The van der Waals surface area contributed by atoms with Gasteiger partial charge in [-0.15, -0.1) is 0 Å². The van der Waals surface area contributed by atoms with Gasteiger partial charge in [0.25, 0.3) is 0 Å². The molecule has 0 aliphatic carbocycles. The van der Waals surface area contributed by atoms with Crippen LogP contribution in [0, 0.1) is 0 Å². The Bertz CT molecular complexity index is 729. The van der Waals surface area contributed by atoms with Gasteiger partial charge in [-0.3, -0.25) is 0 Å². The van der Waals surface area contributed by atoms with Crippen molar-refractivity contribution in [1.82, 2.24) is 0 Å². The van der Waals surface area contributed by atoms with Crippen molar-refractivity contribution in [2.75, 3.05) is 0 Å². The molecule has 82 valence electrons. The van der Waals surface area contributed by atoms with Gasteiger partial charge in [0.15, 0.2) is 0 Å². The summed E-state index contributed by atoms with van der Waals surface area (Å²) >= 11 is 0. The summed E-state index contributed by atoms with van der Waals surface area (Å²) in [4.78, 5) is 4.04. The number of pyridine rings is 1. The maximum Gasteiger partial charge on any atom is 0.322 e. The molecule has 0 saturated heterocycles. The SMILES string of the molecule is C=Nc1ccc2ccc3ccccc3c2[n+]1C. The molecule has 0 radical (unpaired) electrons. The van der Waals surface area contributed by atoms with E-state index in [1.54, 1.807) is 0 Å². The van der Waals surface area contributed by atoms with Gasteiger partial charge in [-0.1, -0.05) is 41.4 Å². The second-order valence-corrected chi connectivity index (χ2v) is 4.13. The fraction of sp³-hybridized carbons (Fsp3) is 0.0667. The van der Waals surface area contributed by atoms with E-state index in [0.29, 0.717) is 0 Å². The number of benzene rings is 2. The predicted octanol–water partition coefficient (Wildman–Crippen LogP) is 3.15. The molecule has 3 aromatic rings. The van der Waals surface area contributed by atoms with E-state index in [9.17, 15) is 0 Å². The van der Waals surface area contributed by atoms with Crippen LogP contribution < -0.4 is 4.57 Å². The monoisotopic (exact) mass is 221 g/mol. The van der Waals surface area contributed by atoms with E-state index in [2.05, 4.69) is 58.7 Å². The molecule has 0 N–H and O–H groups in total. The lowest BCUT2D eigenvalue weighted by atomic mass is 10.1. The maximum absolute atomic E-state index is 4.04. The molecule has 2 aromatic carbocycles. The van der Waals surface area contributed by atoms with Crippen molar-refractivity contribution in [3.05, 3.63) is 48.5 Å². The number of aliphatic imine (C=N–C) groups is 1. The van der Waals surface area contributed by atoms with E-state index in [-0.39, 0.29) is 0 Å². The van der Waals surface area contributed by atoms with Crippen molar-refractivity contribution < 1.29 is 4.57 Å². The Morgan fingerprint density at radius 3 is 2.47 bits per heavy atom. The van der Waals surface area contributed by atoms with Crippen molar-refractivity contribution in [3.8, 4) is 0 Å². The van der Waals surface area contributed by atoms with Gasteiger partial charge >= 0.3 is 5.82 Å². The van der Waals surface area contributed by atoms with Crippen LogP contribution in [0.25, 0.3) is 21.7 Å². The second kappa shape index (κ2) is 3.67. The highest BCUT2D eigenvalue weighted by Gasteiger charge is 2.11.